The molecule has 1 aromatic carbocycles. The third-order valence-electron chi connectivity index (χ3n) is 3.12. The van der Waals surface area contributed by atoms with Crippen molar-refractivity contribution in [2.75, 3.05) is 0 Å². The molecule has 1 aliphatic heterocycles. The summed E-state index contributed by atoms with van der Waals surface area (Å²) in [6, 6.07) is 5.66. The van der Waals surface area contributed by atoms with Gasteiger partial charge in [-0.15, -0.1) is 0 Å². The van der Waals surface area contributed by atoms with Gasteiger partial charge in [-0.1, -0.05) is 30.9 Å². The minimum absolute atomic E-state index is 0.125. The fraction of sp³-hybridized carbons (Fsp3) is 0.188. The van der Waals surface area contributed by atoms with Gasteiger partial charge in [-0.2, -0.15) is 0 Å². The molecule has 2 amide bonds. The maximum absolute atomic E-state index is 11.7. The van der Waals surface area contributed by atoms with E-state index in [9.17, 15) is 14.4 Å². The molecule has 0 unspecified atom stereocenters. The Hall–Kier alpha value is -2.69. The van der Waals surface area contributed by atoms with Crippen molar-refractivity contribution in [1.82, 2.24) is 5.32 Å². The highest BCUT2D eigenvalue weighted by Crippen LogP contribution is 2.14. The Morgan fingerprint density at radius 1 is 1.38 bits per heavy atom. The molecule has 0 saturated carbocycles. The van der Waals surface area contributed by atoms with Crippen LogP contribution in [-0.2, 0) is 25.7 Å². The number of carbonyl (C=O) groups excluding carboxylic acids is 3. The van der Waals surface area contributed by atoms with Gasteiger partial charge in [-0.05, 0) is 23.6 Å². The molecule has 0 aromatic heterocycles. The first-order valence-corrected chi connectivity index (χ1v) is 6.43. The van der Waals surface area contributed by atoms with E-state index in [2.05, 4.69) is 11.9 Å². The number of carbonyl (C=O) groups is 3. The van der Waals surface area contributed by atoms with Gasteiger partial charge in [0, 0.05) is 11.6 Å². The molecule has 0 atom stereocenters. The lowest BCUT2D eigenvalue weighted by molar-refractivity contribution is -0.144. The largest absolute Gasteiger partial charge is 0.461 e. The first-order chi connectivity index (χ1) is 9.99. The Balaban J connectivity index is 1.91. The molecule has 1 heterocycles. The first-order valence-electron chi connectivity index (χ1n) is 6.43. The molecule has 2 rings (SSSR count). The Labute approximate surface area is 122 Å². The van der Waals surface area contributed by atoms with Crippen molar-refractivity contribution in [2.24, 2.45) is 0 Å². The second kappa shape index (κ2) is 6.17. The summed E-state index contributed by atoms with van der Waals surface area (Å²) in [4.78, 5) is 33.9. The molecule has 0 spiro atoms. The van der Waals surface area contributed by atoms with Gasteiger partial charge in [0.2, 0.25) is 0 Å². The molecule has 1 aliphatic rings. The molecule has 21 heavy (non-hydrogen) atoms. The second-order valence-corrected chi connectivity index (χ2v) is 4.72. The Morgan fingerprint density at radius 3 is 2.71 bits per heavy atom. The topological polar surface area (TPSA) is 72.5 Å². The van der Waals surface area contributed by atoms with Crippen LogP contribution >= 0.6 is 0 Å². The van der Waals surface area contributed by atoms with Gasteiger partial charge in [0.05, 0.1) is 6.42 Å². The van der Waals surface area contributed by atoms with Crippen LogP contribution in [0.25, 0.3) is 6.08 Å². The number of aryl methyl sites for hydroxylation is 1. The third kappa shape index (κ3) is 3.66. The van der Waals surface area contributed by atoms with E-state index in [0.717, 1.165) is 22.8 Å². The average molecular weight is 285 g/mol. The van der Waals surface area contributed by atoms with Crippen LogP contribution in [-0.4, -0.2) is 17.8 Å². The number of amides is 2. The molecular formula is C16H15NO4. The van der Waals surface area contributed by atoms with Crippen molar-refractivity contribution in [1.29, 1.82) is 0 Å². The number of rotatable bonds is 5. The summed E-state index contributed by atoms with van der Waals surface area (Å²) >= 11 is 0. The molecule has 0 bridgehead atoms. The highest BCUT2D eigenvalue weighted by molar-refractivity contribution is 6.17. The summed E-state index contributed by atoms with van der Waals surface area (Å²) < 4.78 is 5.11. The highest BCUT2D eigenvalue weighted by atomic mass is 16.5. The summed E-state index contributed by atoms with van der Waals surface area (Å²) in [6.45, 7) is 5.78. The number of esters is 1. The predicted molar refractivity (Wildman–Crippen MR) is 76.9 cm³/mol. The number of benzene rings is 1. The van der Waals surface area contributed by atoms with Crippen LogP contribution in [0.4, 0.5) is 0 Å². The number of hydrogen-bond donors (Lipinski definition) is 1. The summed E-state index contributed by atoms with van der Waals surface area (Å²) in [5.74, 6) is -1.59. The lowest BCUT2D eigenvalue weighted by Gasteiger charge is -2.07. The molecule has 108 valence electrons. The van der Waals surface area contributed by atoms with Crippen molar-refractivity contribution in [3.63, 3.8) is 0 Å². The normalized spacial score (nSPS) is 13.7. The maximum atomic E-state index is 11.7. The molecule has 0 aliphatic carbocycles. The van der Waals surface area contributed by atoms with E-state index in [1.54, 1.807) is 6.08 Å². The zero-order chi connectivity index (χ0) is 15.4. The molecule has 1 N–H and O–H groups in total. The van der Waals surface area contributed by atoms with Gasteiger partial charge in [0.25, 0.3) is 11.8 Å². The van der Waals surface area contributed by atoms with Crippen LogP contribution in [0.15, 0.2) is 36.4 Å². The van der Waals surface area contributed by atoms with E-state index in [1.807, 2.05) is 25.1 Å². The fourth-order valence-corrected chi connectivity index (χ4v) is 2.01. The standard InChI is InChI=1S/C16H15NO4/c1-3-12-5-4-11(6-10(12)2)9-21-15(19)8-13-7-14(18)17-16(13)20/h3-7H,1,8-9H2,2H3,(H,17,18,20). The molecule has 5 heteroatoms. The van der Waals surface area contributed by atoms with E-state index in [1.165, 1.54) is 0 Å². The van der Waals surface area contributed by atoms with Crippen LogP contribution in [0, 0.1) is 6.92 Å². The number of hydrogen-bond acceptors (Lipinski definition) is 4. The zero-order valence-corrected chi connectivity index (χ0v) is 11.6. The smallest absolute Gasteiger partial charge is 0.310 e. The Morgan fingerprint density at radius 2 is 2.14 bits per heavy atom. The Kier molecular flexibility index (Phi) is 4.33. The molecule has 5 nitrogen and oxygen atoms in total. The van der Waals surface area contributed by atoms with Crippen molar-refractivity contribution in [3.05, 3.63) is 53.1 Å². The van der Waals surface area contributed by atoms with Crippen molar-refractivity contribution >= 4 is 23.9 Å². The van der Waals surface area contributed by atoms with Crippen molar-refractivity contribution < 1.29 is 19.1 Å². The van der Waals surface area contributed by atoms with Gasteiger partial charge < -0.3 is 4.74 Å². The minimum Gasteiger partial charge on any atom is -0.461 e. The van der Waals surface area contributed by atoms with Gasteiger partial charge in [0.1, 0.15) is 6.61 Å². The average Bonchev–Trinajstić information content (AvgIpc) is 2.74. The van der Waals surface area contributed by atoms with E-state index in [0.29, 0.717) is 0 Å². The third-order valence-corrected chi connectivity index (χ3v) is 3.12. The molecule has 1 aromatic rings. The molecular weight excluding hydrogens is 270 g/mol. The lowest BCUT2D eigenvalue weighted by Crippen LogP contribution is -2.23. The van der Waals surface area contributed by atoms with E-state index in [-0.39, 0.29) is 18.6 Å². The van der Waals surface area contributed by atoms with E-state index in [4.69, 9.17) is 4.74 Å². The highest BCUT2D eigenvalue weighted by Gasteiger charge is 2.23. The SMILES string of the molecule is C=Cc1ccc(COC(=O)CC2=CC(=O)NC2=O)cc1C. The quantitative estimate of drug-likeness (QED) is 0.659. The molecule has 0 radical (unpaired) electrons. The lowest BCUT2D eigenvalue weighted by atomic mass is 10.1. The van der Waals surface area contributed by atoms with Gasteiger partial charge in [-0.3, -0.25) is 19.7 Å². The molecule has 0 fully saturated rings. The minimum atomic E-state index is -0.545. The summed E-state index contributed by atoms with van der Waals surface area (Å²) in [5, 5.41) is 2.08. The van der Waals surface area contributed by atoms with Crippen molar-refractivity contribution in [3.8, 4) is 0 Å². The van der Waals surface area contributed by atoms with Crippen molar-refractivity contribution in [2.45, 2.75) is 20.0 Å². The van der Waals surface area contributed by atoms with Gasteiger partial charge in [0.15, 0.2) is 0 Å². The number of nitrogens with one attached hydrogen (secondary N) is 1. The van der Waals surface area contributed by atoms with E-state index >= 15 is 0 Å². The molecule has 0 saturated heterocycles. The van der Waals surface area contributed by atoms with Crippen LogP contribution in [0.1, 0.15) is 23.1 Å². The predicted octanol–water partition coefficient (Wildman–Crippen LogP) is 1.65. The van der Waals surface area contributed by atoms with Crippen LogP contribution in [0.3, 0.4) is 0 Å². The van der Waals surface area contributed by atoms with Gasteiger partial charge in [-0.25, -0.2) is 0 Å². The van der Waals surface area contributed by atoms with Crippen LogP contribution in [0.5, 0.6) is 0 Å². The van der Waals surface area contributed by atoms with E-state index < -0.39 is 17.8 Å². The monoisotopic (exact) mass is 285 g/mol. The maximum Gasteiger partial charge on any atom is 0.310 e. The number of imide groups is 1. The first kappa shape index (κ1) is 14.7. The van der Waals surface area contributed by atoms with Crippen LogP contribution in [0.2, 0.25) is 0 Å². The fourth-order valence-electron chi connectivity index (χ4n) is 2.01. The second-order valence-electron chi connectivity index (χ2n) is 4.72. The van der Waals surface area contributed by atoms with Gasteiger partial charge >= 0.3 is 5.97 Å². The Bertz CT molecular complexity index is 658. The zero-order valence-electron chi connectivity index (χ0n) is 11.6. The summed E-state index contributed by atoms with van der Waals surface area (Å²) in [5.41, 5.74) is 3.05. The summed E-state index contributed by atoms with van der Waals surface area (Å²) in [6.07, 6.45) is 2.67. The van der Waals surface area contributed by atoms with Crippen LogP contribution < -0.4 is 5.32 Å². The summed E-state index contributed by atoms with van der Waals surface area (Å²) in [7, 11) is 0. The number of ether oxygens (including phenoxy) is 1.